The summed E-state index contributed by atoms with van der Waals surface area (Å²) in [5.41, 5.74) is 59.2. The molecule has 0 aromatic carbocycles. The zero-order valence-corrected chi connectivity index (χ0v) is 51.3. The van der Waals surface area contributed by atoms with Crippen LogP contribution in [0.15, 0.2) is 9.98 Å². The Labute approximate surface area is 465 Å². The Balaban J connectivity index is -0.000000150. The molecule has 0 aromatic rings. The molecule has 0 saturated heterocycles. The first-order valence-electron chi connectivity index (χ1n) is 28.4. The Morgan fingerprint density at radius 3 is 1.18 bits per heavy atom. The van der Waals surface area contributed by atoms with Crippen LogP contribution in [0, 0.1) is 40.4 Å². The number of guanidine groups is 4. The first kappa shape index (κ1) is 86.3. The molecule has 76 heavy (non-hydrogen) atoms. The van der Waals surface area contributed by atoms with Gasteiger partial charge in [-0.25, -0.2) is 0 Å². The smallest absolute Gasteiger partial charge is 0.195 e. The number of unbranched alkanes of at least 4 members (excludes halogenated alkanes) is 2. The van der Waals surface area contributed by atoms with E-state index in [9.17, 15) is 9.59 Å². The number of aliphatic imine (C=N–C) groups is 2. The summed E-state index contributed by atoms with van der Waals surface area (Å²) in [4.78, 5) is 32.4. The van der Waals surface area contributed by atoms with Gasteiger partial charge >= 0.3 is 0 Å². The van der Waals surface area contributed by atoms with Gasteiger partial charge in [-0.1, -0.05) is 87.5 Å². The van der Waals surface area contributed by atoms with Gasteiger partial charge in [0.15, 0.2) is 23.8 Å². The number of nitrogens with two attached hydrogens (primary N) is 11. The fourth-order valence-corrected chi connectivity index (χ4v) is 6.13. The number of carbonyl (C=O) groups is 2. The summed E-state index contributed by atoms with van der Waals surface area (Å²) in [6, 6.07) is 0.417. The molecule has 0 rings (SSSR count). The van der Waals surface area contributed by atoms with Gasteiger partial charge in [-0.15, -0.1) is 0 Å². The van der Waals surface area contributed by atoms with Crippen molar-refractivity contribution in [1.82, 2.24) is 31.5 Å². The zero-order valence-electron chi connectivity index (χ0n) is 51.3. The van der Waals surface area contributed by atoms with E-state index in [-0.39, 0.29) is 47.5 Å². The molecule has 0 aromatic heterocycles. The molecule has 0 fully saturated rings. The van der Waals surface area contributed by atoms with Gasteiger partial charge < -0.3 is 83.9 Å². The number of likely N-dealkylation sites (N-methyl/N-ethyl adjacent to an activating group) is 3. The van der Waals surface area contributed by atoms with E-state index in [0.717, 1.165) is 96.9 Å². The number of hydrogen-bond acceptors (Lipinski definition) is 17. The highest BCUT2D eigenvalue weighted by Crippen LogP contribution is 2.16. The molecule has 0 heterocycles. The summed E-state index contributed by atoms with van der Waals surface area (Å²) in [7, 11) is 5.59. The lowest BCUT2D eigenvalue weighted by atomic mass is 9.94. The van der Waals surface area contributed by atoms with Crippen LogP contribution >= 0.6 is 0 Å². The molecule has 0 radical (unpaired) electrons. The second-order valence-electron chi connectivity index (χ2n) is 19.6. The van der Waals surface area contributed by atoms with Crippen LogP contribution in [0.2, 0.25) is 0 Å². The number of nitrogens with one attached hydrogen (secondary N) is 7. The van der Waals surface area contributed by atoms with E-state index >= 15 is 0 Å². The summed E-state index contributed by atoms with van der Waals surface area (Å²) in [6.07, 6.45) is 13.7. The van der Waals surface area contributed by atoms with E-state index in [1.54, 1.807) is 20.9 Å². The Bertz CT molecular complexity index is 1270. The highest BCUT2D eigenvalue weighted by atomic mass is 16.1. The lowest BCUT2D eigenvalue weighted by molar-refractivity contribution is -0.119. The van der Waals surface area contributed by atoms with Crippen LogP contribution in [0.3, 0.4) is 0 Å². The van der Waals surface area contributed by atoms with E-state index in [4.69, 9.17) is 73.9 Å². The SMILES string of the molecule is CCC(C)CN.CCC(C)N.CCC(CN=C(N)NC(=N)N)CC(C)CN.CCC(CN=C(N)NC(=N)N)CC(C)CN.CCCCN(CCN)CCNC.CNC(CCCCN)C(C)=O.CNC(CCCN)C(C)=O. The molecular weight excluding hydrogens is 963 g/mol. The van der Waals surface area contributed by atoms with Crippen molar-refractivity contribution < 1.29 is 9.59 Å². The summed E-state index contributed by atoms with van der Waals surface area (Å²) < 4.78 is 0. The maximum atomic E-state index is 10.9. The van der Waals surface area contributed by atoms with Gasteiger partial charge in [-0.2, -0.15) is 0 Å². The third-order valence-corrected chi connectivity index (χ3v) is 12.0. The highest BCUT2D eigenvalue weighted by Gasteiger charge is 2.13. The predicted octanol–water partition coefficient (Wildman–Crippen LogP) is 1.79. The molecule has 0 aliphatic rings. The average Bonchev–Trinajstić information content (AvgIpc) is 3.38. The lowest BCUT2D eigenvalue weighted by Gasteiger charge is -2.20. The number of hydrogen-bond donors (Lipinski definition) is 18. The molecule has 23 heteroatoms. The fourth-order valence-electron chi connectivity index (χ4n) is 6.13. The van der Waals surface area contributed by atoms with Crippen LogP contribution in [-0.4, -0.2) is 158 Å². The van der Waals surface area contributed by atoms with Crippen LogP contribution in [0.1, 0.15) is 160 Å². The zero-order chi connectivity index (χ0) is 60.3. The third-order valence-electron chi connectivity index (χ3n) is 12.0. The quantitative estimate of drug-likeness (QED) is 0.0248. The number of nitrogens with zero attached hydrogens (tertiary/aromatic N) is 3. The first-order chi connectivity index (χ1) is 35.8. The van der Waals surface area contributed by atoms with Gasteiger partial charge in [0.05, 0.1) is 12.1 Å². The number of ketones is 2. The van der Waals surface area contributed by atoms with E-state index in [1.807, 2.05) is 21.0 Å². The second-order valence-corrected chi connectivity index (χ2v) is 19.6. The standard InChI is InChI=1S/2C10H24N6.C9H23N3.C8H18N2O.C7H16N2O.C5H13N.C4H11N/c2*1-3-8(4-7(2)5-11)6-15-10(14)16-9(12)13;1-3-4-7-12(8-5-10)9-6-11-2;1-7(11)8(10-2)5-3-4-6-9;1-6(10)7(9-2)4-3-5-8;1-3-5(2)4-6;1-3-4(2)5/h2*7-8H,3-6,11H2,1-2H3,(H6,12,13,14,15,16);11H,3-10H2,1-2H3;8,10H,3-6,9H2,1-2H3;7,9H,3-5,8H2,1-2H3;5H,3-4,6H2,1-2H3;4H,3,5H2,1-2H3. The Hall–Kier alpha value is -3.62. The van der Waals surface area contributed by atoms with E-state index in [0.29, 0.717) is 74.9 Å². The van der Waals surface area contributed by atoms with Crippen molar-refractivity contribution in [2.75, 3.05) is 99.7 Å². The van der Waals surface area contributed by atoms with E-state index in [2.05, 4.69) is 96.9 Å². The molecule has 23 nitrogen and oxygen atoms in total. The van der Waals surface area contributed by atoms with Crippen LogP contribution < -0.4 is 89.7 Å². The van der Waals surface area contributed by atoms with Gasteiger partial charge in [0.2, 0.25) is 0 Å². The molecule has 8 unspecified atom stereocenters. The minimum Gasteiger partial charge on any atom is -0.370 e. The molecular formula is C53H129N21O2. The van der Waals surface area contributed by atoms with Gasteiger partial charge in [-0.05, 0) is 162 Å². The van der Waals surface area contributed by atoms with Crippen molar-refractivity contribution in [2.24, 2.45) is 103 Å². The molecule has 0 spiro atoms. The van der Waals surface area contributed by atoms with Crippen LogP contribution in [-0.2, 0) is 9.59 Å². The van der Waals surface area contributed by atoms with Crippen molar-refractivity contribution in [2.45, 2.75) is 178 Å². The number of rotatable bonds is 34. The van der Waals surface area contributed by atoms with Crippen molar-refractivity contribution in [3.8, 4) is 0 Å². The maximum absolute atomic E-state index is 10.9. The normalized spacial score (nSPS) is 14.0. The number of carbonyl (C=O) groups excluding carboxylic acids is 2. The van der Waals surface area contributed by atoms with Gasteiger partial charge in [0.1, 0.15) is 11.6 Å². The van der Waals surface area contributed by atoms with Crippen LogP contribution in [0.5, 0.6) is 0 Å². The Morgan fingerprint density at radius 2 is 0.934 bits per heavy atom. The van der Waals surface area contributed by atoms with Crippen molar-refractivity contribution in [3.63, 3.8) is 0 Å². The first-order valence-corrected chi connectivity index (χ1v) is 28.4. The minimum atomic E-state index is -0.190. The predicted molar refractivity (Wildman–Crippen MR) is 331 cm³/mol. The van der Waals surface area contributed by atoms with E-state index < -0.39 is 0 Å². The van der Waals surface area contributed by atoms with Crippen molar-refractivity contribution >= 4 is 35.4 Å². The topological polar surface area (TPSA) is 456 Å². The Kier molecular flexibility index (Phi) is 74.5. The molecule has 29 N–H and O–H groups in total. The van der Waals surface area contributed by atoms with Crippen molar-refractivity contribution in [1.29, 1.82) is 10.8 Å². The monoisotopic (exact) mass is 1090 g/mol. The third kappa shape index (κ3) is 72.5. The molecule has 0 saturated carbocycles. The largest absolute Gasteiger partial charge is 0.370 e. The summed E-state index contributed by atoms with van der Waals surface area (Å²) >= 11 is 0. The minimum absolute atomic E-state index is 0.00329. The lowest BCUT2D eigenvalue weighted by Crippen LogP contribution is -2.41. The Morgan fingerprint density at radius 1 is 0.539 bits per heavy atom. The van der Waals surface area contributed by atoms with Gasteiger partial charge in [0, 0.05) is 45.3 Å². The van der Waals surface area contributed by atoms with Crippen LogP contribution in [0.25, 0.3) is 0 Å². The second kappa shape index (κ2) is 65.7. The van der Waals surface area contributed by atoms with Gasteiger partial charge in [-0.3, -0.25) is 41.0 Å². The molecule has 0 aliphatic heterocycles. The fraction of sp³-hybridized carbons (Fsp3) is 0.887. The average molecular weight is 1090 g/mol. The van der Waals surface area contributed by atoms with Crippen molar-refractivity contribution in [3.05, 3.63) is 0 Å². The maximum Gasteiger partial charge on any atom is 0.195 e. The number of Topliss-reactive ketones (excluding diaryl/α,β-unsaturated/α-hetero) is 2. The summed E-state index contributed by atoms with van der Waals surface area (Å²) in [5, 5.41) is 27.9. The molecule has 0 aliphatic carbocycles. The molecule has 458 valence electrons. The highest BCUT2D eigenvalue weighted by molar-refractivity contribution is 5.96. The molecule has 0 bridgehead atoms. The molecule has 8 atom stereocenters. The van der Waals surface area contributed by atoms with E-state index in [1.165, 1.54) is 25.8 Å². The summed E-state index contributed by atoms with van der Waals surface area (Å²) in [5.74, 6) is 3.10. The summed E-state index contributed by atoms with van der Waals surface area (Å²) in [6.45, 7) is 32.4. The molecule has 0 amide bonds. The van der Waals surface area contributed by atoms with Crippen LogP contribution in [0.4, 0.5) is 0 Å². The van der Waals surface area contributed by atoms with Gasteiger partial charge in [0.25, 0.3) is 0 Å².